The Morgan fingerprint density at radius 3 is 3.17 bits per heavy atom. The molecular formula is C14H20BrNO2. The molecule has 2 atom stereocenters. The van der Waals surface area contributed by atoms with Gasteiger partial charge < -0.3 is 14.8 Å². The molecule has 0 bridgehead atoms. The van der Waals surface area contributed by atoms with Gasteiger partial charge in [0.1, 0.15) is 5.75 Å². The van der Waals surface area contributed by atoms with Crippen molar-refractivity contribution in [3.63, 3.8) is 0 Å². The highest BCUT2D eigenvalue weighted by atomic mass is 79.9. The van der Waals surface area contributed by atoms with Crippen molar-refractivity contribution in [3.05, 3.63) is 28.2 Å². The average Bonchev–Trinajstić information content (AvgIpc) is 2.36. The van der Waals surface area contributed by atoms with E-state index in [9.17, 15) is 0 Å². The number of nitrogens with one attached hydrogen (secondary N) is 1. The maximum absolute atomic E-state index is 5.68. The molecule has 0 spiro atoms. The molecule has 18 heavy (non-hydrogen) atoms. The van der Waals surface area contributed by atoms with E-state index in [-0.39, 0.29) is 0 Å². The molecule has 100 valence electrons. The van der Waals surface area contributed by atoms with E-state index >= 15 is 0 Å². The van der Waals surface area contributed by atoms with Crippen LogP contribution in [-0.2, 0) is 4.74 Å². The van der Waals surface area contributed by atoms with E-state index in [0.717, 1.165) is 36.4 Å². The van der Waals surface area contributed by atoms with Crippen LogP contribution in [0.1, 0.15) is 24.9 Å². The smallest absolute Gasteiger partial charge is 0.124 e. The van der Waals surface area contributed by atoms with Gasteiger partial charge in [-0.3, -0.25) is 0 Å². The quantitative estimate of drug-likeness (QED) is 0.906. The Kier molecular flexibility index (Phi) is 5.03. The fourth-order valence-corrected chi connectivity index (χ4v) is 2.64. The van der Waals surface area contributed by atoms with E-state index < -0.39 is 0 Å². The standard InChI is InChI=1S/C14H20BrNO2/c1-10(9-17-2)8-16-13-5-6-18-14-4-3-11(15)7-12(13)14/h3-4,7,10,13,16H,5-6,8-9H2,1-2H3. The summed E-state index contributed by atoms with van der Waals surface area (Å²) in [7, 11) is 1.75. The van der Waals surface area contributed by atoms with E-state index in [1.807, 2.05) is 12.1 Å². The monoisotopic (exact) mass is 313 g/mol. The number of methoxy groups -OCH3 is 1. The molecule has 0 amide bonds. The molecule has 2 rings (SSSR count). The molecule has 1 aliphatic rings. The highest BCUT2D eigenvalue weighted by Gasteiger charge is 2.21. The fourth-order valence-electron chi connectivity index (χ4n) is 2.26. The predicted octanol–water partition coefficient (Wildman–Crippen LogP) is 3.14. The zero-order chi connectivity index (χ0) is 13.0. The van der Waals surface area contributed by atoms with Crippen molar-refractivity contribution in [2.75, 3.05) is 26.9 Å². The topological polar surface area (TPSA) is 30.5 Å². The Labute approximate surface area is 117 Å². The molecule has 0 fully saturated rings. The van der Waals surface area contributed by atoms with Gasteiger partial charge in [0.25, 0.3) is 0 Å². The summed E-state index contributed by atoms with van der Waals surface area (Å²) in [6, 6.07) is 6.58. The first-order valence-electron chi connectivity index (χ1n) is 6.35. The minimum atomic E-state index is 0.380. The molecule has 0 aromatic heterocycles. The second-order valence-electron chi connectivity index (χ2n) is 4.84. The SMILES string of the molecule is COCC(C)CNC1CCOc2ccc(Br)cc21. The number of ether oxygens (including phenoxy) is 2. The summed E-state index contributed by atoms with van der Waals surface area (Å²) >= 11 is 3.52. The van der Waals surface area contributed by atoms with Crippen LogP contribution in [0.15, 0.2) is 22.7 Å². The van der Waals surface area contributed by atoms with E-state index in [2.05, 4.69) is 34.2 Å². The van der Waals surface area contributed by atoms with Crippen molar-refractivity contribution >= 4 is 15.9 Å². The van der Waals surface area contributed by atoms with Gasteiger partial charge in [-0.05, 0) is 24.1 Å². The minimum Gasteiger partial charge on any atom is -0.493 e. The third kappa shape index (κ3) is 3.46. The predicted molar refractivity (Wildman–Crippen MR) is 76.0 cm³/mol. The molecule has 4 heteroatoms. The van der Waals surface area contributed by atoms with Crippen molar-refractivity contribution in [2.24, 2.45) is 5.92 Å². The van der Waals surface area contributed by atoms with Crippen molar-refractivity contribution < 1.29 is 9.47 Å². The summed E-state index contributed by atoms with van der Waals surface area (Å²) in [5.41, 5.74) is 1.25. The van der Waals surface area contributed by atoms with Gasteiger partial charge in [0, 0.05) is 42.8 Å². The third-order valence-corrected chi connectivity index (χ3v) is 3.67. The Hall–Kier alpha value is -0.580. The van der Waals surface area contributed by atoms with Crippen LogP contribution in [0.2, 0.25) is 0 Å². The van der Waals surface area contributed by atoms with Gasteiger partial charge in [0.15, 0.2) is 0 Å². The van der Waals surface area contributed by atoms with Gasteiger partial charge in [-0.15, -0.1) is 0 Å². The molecule has 1 aromatic rings. The van der Waals surface area contributed by atoms with Gasteiger partial charge in [0.2, 0.25) is 0 Å². The van der Waals surface area contributed by atoms with Gasteiger partial charge in [0.05, 0.1) is 6.61 Å². The third-order valence-electron chi connectivity index (χ3n) is 3.18. The lowest BCUT2D eigenvalue weighted by Gasteiger charge is -2.28. The van der Waals surface area contributed by atoms with Gasteiger partial charge >= 0.3 is 0 Å². The van der Waals surface area contributed by atoms with E-state index in [0.29, 0.717) is 12.0 Å². The second kappa shape index (κ2) is 6.55. The summed E-state index contributed by atoms with van der Waals surface area (Å²) in [5, 5.41) is 3.61. The first-order valence-corrected chi connectivity index (χ1v) is 7.14. The summed E-state index contributed by atoms with van der Waals surface area (Å²) in [6.07, 6.45) is 1.02. The Morgan fingerprint density at radius 2 is 2.39 bits per heavy atom. The molecule has 1 aromatic carbocycles. The number of fused-ring (bicyclic) bond motifs is 1. The lowest BCUT2D eigenvalue weighted by Crippen LogP contribution is -2.31. The molecule has 1 heterocycles. The average molecular weight is 314 g/mol. The molecule has 2 unspecified atom stereocenters. The molecule has 3 nitrogen and oxygen atoms in total. The van der Waals surface area contributed by atoms with Gasteiger partial charge in [-0.2, -0.15) is 0 Å². The summed E-state index contributed by atoms with van der Waals surface area (Å²) in [4.78, 5) is 0. The van der Waals surface area contributed by atoms with Crippen LogP contribution < -0.4 is 10.1 Å². The Morgan fingerprint density at radius 1 is 1.56 bits per heavy atom. The van der Waals surface area contributed by atoms with Crippen LogP contribution in [0.25, 0.3) is 0 Å². The normalized spacial score (nSPS) is 20.1. The van der Waals surface area contributed by atoms with Crippen LogP contribution in [0, 0.1) is 5.92 Å². The number of halogens is 1. The molecule has 0 saturated carbocycles. The maximum atomic E-state index is 5.68. The van der Waals surface area contributed by atoms with E-state index in [4.69, 9.17) is 9.47 Å². The maximum Gasteiger partial charge on any atom is 0.124 e. The molecule has 0 radical (unpaired) electrons. The van der Waals surface area contributed by atoms with Crippen molar-refractivity contribution in [3.8, 4) is 5.75 Å². The first kappa shape index (κ1) is 13.8. The van der Waals surface area contributed by atoms with E-state index in [1.165, 1.54) is 5.56 Å². The Balaban J connectivity index is 2.01. The van der Waals surface area contributed by atoms with Crippen molar-refractivity contribution in [2.45, 2.75) is 19.4 Å². The zero-order valence-corrected chi connectivity index (χ0v) is 12.5. The van der Waals surface area contributed by atoms with Gasteiger partial charge in [-0.25, -0.2) is 0 Å². The highest BCUT2D eigenvalue weighted by Crippen LogP contribution is 2.34. The highest BCUT2D eigenvalue weighted by molar-refractivity contribution is 9.10. The molecule has 1 N–H and O–H groups in total. The summed E-state index contributed by atoms with van der Waals surface area (Å²) < 4.78 is 11.9. The minimum absolute atomic E-state index is 0.380. The van der Waals surface area contributed by atoms with Gasteiger partial charge in [-0.1, -0.05) is 22.9 Å². The Bertz CT molecular complexity index is 397. The lowest BCUT2D eigenvalue weighted by molar-refractivity contribution is 0.154. The van der Waals surface area contributed by atoms with Crippen LogP contribution in [0.3, 0.4) is 0 Å². The fraction of sp³-hybridized carbons (Fsp3) is 0.571. The zero-order valence-electron chi connectivity index (χ0n) is 10.9. The first-order chi connectivity index (χ1) is 8.70. The van der Waals surface area contributed by atoms with Crippen LogP contribution >= 0.6 is 15.9 Å². The molecule has 0 aliphatic carbocycles. The molecular weight excluding hydrogens is 294 g/mol. The van der Waals surface area contributed by atoms with Crippen molar-refractivity contribution in [1.82, 2.24) is 5.32 Å². The van der Waals surface area contributed by atoms with Crippen molar-refractivity contribution in [1.29, 1.82) is 0 Å². The molecule has 0 saturated heterocycles. The number of hydrogen-bond donors (Lipinski definition) is 1. The summed E-state index contributed by atoms with van der Waals surface area (Å²) in [5.74, 6) is 1.52. The van der Waals surface area contributed by atoms with Crippen LogP contribution in [0.5, 0.6) is 5.75 Å². The number of benzene rings is 1. The lowest BCUT2D eigenvalue weighted by atomic mass is 10.00. The van der Waals surface area contributed by atoms with Crippen LogP contribution in [-0.4, -0.2) is 26.9 Å². The second-order valence-corrected chi connectivity index (χ2v) is 5.76. The van der Waals surface area contributed by atoms with Crippen LogP contribution in [0.4, 0.5) is 0 Å². The molecule has 1 aliphatic heterocycles. The van der Waals surface area contributed by atoms with E-state index in [1.54, 1.807) is 7.11 Å². The summed E-state index contributed by atoms with van der Waals surface area (Å²) in [6.45, 7) is 4.73. The number of rotatable bonds is 5. The largest absolute Gasteiger partial charge is 0.493 e. The number of hydrogen-bond acceptors (Lipinski definition) is 3.